The minimum Gasteiger partial charge on any atom is -0.296 e. The zero-order chi connectivity index (χ0) is 17.2. The first-order chi connectivity index (χ1) is 12.2. The molecule has 0 saturated carbocycles. The Morgan fingerprint density at radius 2 is 2.04 bits per heavy atom. The number of carbonyl (C=O) groups is 1. The van der Waals surface area contributed by atoms with Gasteiger partial charge in [-0.2, -0.15) is 0 Å². The normalized spacial score (nSPS) is 10.9. The number of rotatable bonds is 4. The molecule has 2 heterocycles. The topological polar surface area (TPSA) is 72.7 Å². The Kier molecular flexibility index (Phi) is 3.99. The molecule has 124 valence electrons. The number of hydrogen-bond donors (Lipinski definition) is 1. The quantitative estimate of drug-likeness (QED) is 0.612. The maximum absolute atomic E-state index is 12.4. The number of anilines is 1. The summed E-state index contributed by atoms with van der Waals surface area (Å²) in [6, 6.07) is 15.9. The molecule has 4 rings (SSSR count). The predicted molar refractivity (Wildman–Crippen MR) is 97.9 cm³/mol. The van der Waals surface area contributed by atoms with Gasteiger partial charge in [-0.25, -0.2) is 9.67 Å². The Hall–Kier alpha value is -3.06. The van der Waals surface area contributed by atoms with Crippen LogP contribution in [-0.2, 0) is 6.54 Å². The largest absolute Gasteiger partial charge is 0.296 e. The zero-order valence-corrected chi connectivity index (χ0v) is 14.3. The lowest BCUT2D eigenvalue weighted by Crippen LogP contribution is -2.12. The van der Waals surface area contributed by atoms with E-state index in [2.05, 4.69) is 26.7 Å². The van der Waals surface area contributed by atoms with Crippen molar-refractivity contribution in [2.24, 2.45) is 0 Å². The van der Waals surface area contributed by atoms with Crippen LogP contribution in [0, 0.1) is 6.92 Å². The van der Waals surface area contributed by atoms with Crippen molar-refractivity contribution in [1.29, 1.82) is 0 Å². The fourth-order valence-corrected chi connectivity index (χ4v) is 3.46. The van der Waals surface area contributed by atoms with E-state index in [1.165, 1.54) is 11.3 Å². The first kappa shape index (κ1) is 15.5. The summed E-state index contributed by atoms with van der Waals surface area (Å²) in [5.74, 6) is -0.310. The summed E-state index contributed by atoms with van der Waals surface area (Å²) >= 11 is 1.45. The Morgan fingerprint density at radius 1 is 1.20 bits per heavy atom. The maximum Gasteiger partial charge on any atom is 0.279 e. The molecule has 2 aromatic carbocycles. The summed E-state index contributed by atoms with van der Waals surface area (Å²) < 4.78 is 2.69. The number of hydrogen-bond acceptors (Lipinski definition) is 5. The smallest absolute Gasteiger partial charge is 0.279 e. The van der Waals surface area contributed by atoms with Crippen molar-refractivity contribution >= 4 is 32.6 Å². The van der Waals surface area contributed by atoms with Crippen molar-refractivity contribution in [3.05, 3.63) is 71.5 Å². The van der Waals surface area contributed by atoms with E-state index in [4.69, 9.17) is 0 Å². The van der Waals surface area contributed by atoms with Crippen molar-refractivity contribution in [2.45, 2.75) is 13.5 Å². The summed E-state index contributed by atoms with van der Waals surface area (Å²) in [7, 11) is 0. The first-order valence-electron chi connectivity index (χ1n) is 7.80. The number of nitrogens with zero attached hydrogens (tertiary/aromatic N) is 4. The van der Waals surface area contributed by atoms with Crippen molar-refractivity contribution in [3.63, 3.8) is 0 Å². The molecule has 1 N–H and O–H groups in total. The third kappa shape index (κ3) is 3.41. The average molecular weight is 349 g/mol. The fourth-order valence-electron chi connectivity index (χ4n) is 2.50. The molecule has 0 spiro atoms. The van der Waals surface area contributed by atoms with Crippen LogP contribution in [0.1, 0.15) is 21.6 Å². The molecule has 0 aliphatic rings. The number of aryl methyl sites for hydroxylation is 1. The van der Waals surface area contributed by atoms with Crippen molar-refractivity contribution in [2.75, 3.05) is 5.32 Å². The van der Waals surface area contributed by atoms with Gasteiger partial charge in [0.25, 0.3) is 5.91 Å². The Bertz CT molecular complexity index is 1040. The molecule has 0 fully saturated rings. The van der Waals surface area contributed by atoms with Crippen molar-refractivity contribution in [3.8, 4) is 0 Å². The number of benzene rings is 2. The highest BCUT2D eigenvalue weighted by Crippen LogP contribution is 2.26. The molecule has 25 heavy (non-hydrogen) atoms. The standard InChI is InChI=1S/C18H15N5OS/c1-12-7-8-14-16(9-12)25-18(19-14)20-17(24)15-11-23(22-21-15)10-13-5-3-2-4-6-13/h2-9,11H,10H2,1H3,(H,19,20,24). The Morgan fingerprint density at radius 3 is 2.88 bits per heavy atom. The fraction of sp³-hybridized carbons (Fsp3) is 0.111. The zero-order valence-electron chi connectivity index (χ0n) is 13.5. The summed E-state index contributed by atoms with van der Waals surface area (Å²) in [4.78, 5) is 16.8. The van der Waals surface area contributed by atoms with Crippen molar-refractivity contribution < 1.29 is 4.79 Å². The van der Waals surface area contributed by atoms with Crippen LogP contribution in [0.2, 0.25) is 0 Å². The van der Waals surface area contributed by atoms with Crippen LogP contribution in [-0.4, -0.2) is 25.9 Å². The van der Waals surface area contributed by atoms with Crippen LogP contribution in [0.15, 0.2) is 54.7 Å². The minimum atomic E-state index is -0.310. The second-order valence-corrected chi connectivity index (χ2v) is 6.76. The minimum absolute atomic E-state index is 0.270. The number of thiazole rings is 1. The van der Waals surface area contributed by atoms with Crippen LogP contribution < -0.4 is 5.32 Å². The average Bonchev–Trinajstić information content (AvgIpc) is 3.22. The molecule has 6 nitrogen and oxygen atoms in total. The van der Waals surface area contributed by atoms with Crippen molar-refractivity contribution in [1.82, 2.24) is 20.0 Å². The molecular weight excluding hydrogens is 334 g/mol. The highest BCUT2D eigenvalue weighted by molar-refractivity contribution is 7.22. The molecule has 1 amide bonds. The summed E-state index contributed by atoms with van der Waals surface area (Å²) in [5.41, 5.74) is 3.41. The van der Waals surface area contributed by atoms with E-state index in [1.807, 2.05) is 49.4 Å². The van der Waals surface area contributed by atoms with Crippen LogP contribution in [0.4, 0.5) is 5.13 Å². The van der Waals surface area contributed by atoms with Gasteiger partial charge >= 0.3 is 0 Å². The monoisotopic (exact) mass is 349 g/mol. The maximum atomic E-state index is 12.4. The summed E-state index contributed by atoms with van der Waals surface area (Å²) in [5, 5.41) is 11.3. The van der Waals surface area contributed by atoms with Crippen LogP contribution in [0.25, 0.3) is 10.2 Å². The van der Waals surface area contributed by atoms with E-state index < -0.39 is 0 Å². The van der Waals surface area contributed by atoms with Gasteiger partial charge in [0.1, 0.15) is 0 Å². The van der Waals surface area contributed by atoms with E-state index >= 15 is 0 Å². The van der Waals surface area contributed by atoms with Crippen LogP contribution >= 0.6 is 11.3 Å². The second kappa shape index (κ2) is 6.45. The Labute approximate surface area is 148 Å². The third-order valence-corrected chi connectivity index (χ3v) is 4.66. The van der Waals surface area contributed by atoms with E-state index in [9.17, 15) is 4.79 Å². The lowest BCUT2D eigenvalue weighted by Gasteiger charge is -1.99. The van der Waals surface area contributed by atoms with E-state index in [0.29, 0.717) is 11.7 Å². The second-order valence-electron chi connectivity index (χ2n) is 5.73. The SMILES string of the molecule is Cc1ccc2nc(NC(=O)c3cn(Cc4ccccc4)nn3)sc2c1. The van der Waals surface area contributed by atoms with Gasteiger partial charge < -0.3 is 0 Å². The summed E-state index contributed by atoms with van der Waals surface area (Å²) in [6.45, 7) is 2.60. The molecule has 0 unspecified atom stereocenters. The van der Waals surface area contributed by atoms with Crippen LogP contribution in [0.5, 0.6) is 0 Å². The lowest BCUT2D eigenvalue weighted by atomic mass is 10.2. The molecular formula is C18H15N5OS. The van der Waals surface area contributed by atoms with Gasteiger partial charge in [-0.05, 0) is 30.2 Å². The van der Waals surface area contributed by atoms with Gasteiger partial charge in [-0.15, -0.1) is 5.10 Å². The molecule has 0 aliphatic carbocycles. The van der Waals surface area contributed by atoms with Gasteiger partial charge in [0.2, 0.25) is 0 Å². The Balaban J connectivity index is 1.49. The number of aromatic nitrogens is 4. The van der Waals surface area contributed by atoms with E-state index in [-0.39, 0.29) is 11.6 Å². The molecule has 2 aromatic heterocycles. The van der Waals surface area contributed by atoms with Crippen LogP contribution in [0.3, 0.4) is 0 Å². The number of nitrogens with one attached hydrogen (secondary N) is 1. The highest BCUT2D eigenvalue weighted by atomic mass is 32.1. The number of carbonyl (C=O) groups excluding carboxylic acids is 1. The van der Waals surface area contributed by atoms with Gasteiger partial charge in [-0.1, -0.05) is 52.9 Å². The molecule has 4 aromatic rings. The van der Waals surface area contributed by atoms with Gasteiger partial charge in [0.15, 0.2) is 10.8 Å². The predicted octanol–water partition coefficient (Wildman–Crippen LogP) is 3.50. The number of fused-ring (bicyclic) bond motifs is 1. The highest BCUT2D eigenvalue weighted by Gasteiger charge is 2.14. The third-order valence-electron chi connectivity index (χ3n) is 3.72. The first-order valence-corrected chi connectivity index (χ1v) is 8.62. The molecule has 0 bridgehead atoms. The van der Waals surface area contributed by atoms with E-state index in [0.717, 1.165) is 21.3 Å². The molecule has 7 heteroatoms. The van der Waals surface area contributed by atoms with Gasteiger partial charge in [0, 0.05) is 0 Å². The number of amides is 1. The van der Waals surface area contributed by atoms with Gasteiger partial charge in [0.05, 0.1) is 23.0 Å². The molecule has 0 saturated heterocycles. The molecule has 0 aliphatic heterocycles. The molecule has 0 atom stereocenters. The van der Waals surface area contributed by atoms with Gasteiger partial charge in [-0.3, -0.25) is 10.1 Å². The summed E-state index contributed by atoms with van der Waals surface area (Å²) in [6.07, 6.45) is 1.64. The molecule has 0 radical (unpaired) electrons. The van der Waals surface area contributed by atoms with E-state index in [1.54, 1.807) is 10.9 Å². The lowest BCUT2D eigenvalue weighted by molar-refractivity contribution is 0.102.